The normalized spacial score (nSPS) is 10.0. The molecule has 0 spiro atoms. The van der Waals surface area contributed by atoms with E-state index in [9.17, 15) is 4.79 Å². The van der Waals surface area contributed by atoms with Gasteiger partial charge in [0.2, 0.25) is 0 Å². The average molecular weight is 252 g/mol. The van der Waals surface area contributed by atoms with Gasteiger partial charge >= 0.3 is 0 Å². The Hall–Kier alpha value is -1.75. The number of benzene rings is 1. The van der Waals surface area contributed by atoms with Gasteiger partial charge in [-0.15, -0.1) is 0 Å². The van der Waals surface area contributed by atoms with E-state index in [1.807, 2.05) is 19.1 Å². The lowest BCUT2D eigenvalue weighted by atomic mass is 10.2. The zero-order chi connectivity index (χ0) is 13.5. The third-order valence-corrected chi connectivity index (χ3v) is 2.39. The summed E-state index contributed by atoms with van der Waals surface area (Å²) in [5, 5.41) is 0. The zero-order valence-electron chi connectivity index (χ0n) is 11.1. The molecule has 0 aliphatic carbocycles. The highest BCUT2D eigenvalue weighted by Crippen LogP contribution is 2.28. The summed E-state index contributed by atoms with van der Waals surface area (Å²) in [6.45, 7) is 2.86. The number of hydrogen-bond acceptors (Lipinski definition) is 4. The molecule has 0 aliphatic rings. The van der Waals surface area contributed by atoms with Crippen LogP contribution >= 0.6 is 0 Å². The molecule has 0 aromatic heterocycles. The van der Waals surface area contributed by atoms with Crippen molar-refractivity contribution in [3.05, 3.63) is 23.8 Å². The van der Waals surface area contributed by atoms with Crippen molar-refractivity contribution >= 4 is 5.91 Å². The van der Waals surface area contributed by atoms with Crippen molar-refractivity contribution in [1.29, 1.82) is 0 Å². The van der Waals surface area contributed by atoms with Gasteiger partial charge in [-0.05, 0) is 24.6 Å². The van der Waals surface area contributed by atoms with Crippen molar-refractivity contribution in [2.24, 2.45) is 5.73 Å². The molecule has 2 N–H and O–H groups in total. The Bertz CT molecular complexity index is 405. The first kappa shape index (κ1) is 14.3. The molecule has 0 atom stereocenters. The summed E-state index contributed by atoms with van der Waals surface area (Å²) in [4.78, 5) is 12.9. The third-order valence-electron chi connectivity index (χ3n) is 2.39. The van der Waals surface area contributed by atoms with Gasteiger partial charge in [-0.25, -0.2) is 0 Å². The first-order chi connectivity index (χ1) is 8.58. The summed E-state index contributed by atoms with van der Waals surface area (Å²) < 4.78 is 10.9. The molecule has 1 aromatic carbocycles. The van der Waals surface area contributed by atoms with E-state index < -0.39 is 0 Å². The molecule has 5 heteroatoms. The van der Waals surface area contributed by atoms with Crippen LogP contribution in [0.2, 0.25) is 0 Å². The maximum absolute atomic E-state index is 11.4. The number of amides is 1. The smallest absolute Gasteiger partial charge is 0.259 e. The van der Waals surface area contributed by atoms with Gasteiger partial charge in [-0.1, -0.05) is 6.07 Å². The first-order valence-electron chi connectivity index (χ1n) is 5.87. The predicted octanol–water partition coefficient (Wildman–Crippen LogP) is 1.01. The van der Waals surface area contributed by atoms with Gasteiger partial charge in [-0.3, -0.25) is 4.79 Å². The maximum atomic E-state index is 11.4. The number of ether oxygens (including phenoxy) is 2. The van der Waals surface area contributed by atoms with Gasteiger partial charge in [0.25, 0.3) is 5.91 Å². The highest BCUT2D eigenvalue weighted by Gasteiger charge is 2.09. The van der Waals surface area contributed by atoms with E-state index in [2.05, 4.69) is 0 Å². The van der Waals surface area contributed by atoms with Crippen molar-refractivity contribution < 1.29 is 14.3 Å². The molecule has 0 heterocycles. The first-order valence-corrected chi connectivity index (χ1v) is 5.87. The van der Waals surface area contributed by atoms with E-state index in [-0.39, 0.29) is 12.5 Å². The van der Waals surface area contributed by atoms with Crippen molar-refractivity contribution in [2.45, 2.75) is 13.5 Å². The number of carbonyl (C=O) groups excluding carboxylic acids is 1. The minimum atomic E-state index is -0.0969. The summed E-state index contributed by atoms with van der Waals surface area (Å²) in [7, 11) is 3.37. The Morgan fingerprint density at radius 2 is 2.00 bits per heavy atom. The average Bonchev–Trinajstić information content (AvgIpc) is 2.36. The fourth-order valence-corrected chi connectivity index (χ4v) is 1.34. The van der Waals surface area contributed by atoms with Gasteiger partial charge in [0.1, 0.15) is 0 Å². The van der Waals surface area contributed by atoms with Crippen molar-refractivity contribution in [3.8, 4) is 11.5 Å². The van der Waals surface area contributed by atoms with Crippen LogP contribution in [-0.2, 0) is 11.3 Å². The number of nitrogens with two attached hydrogens (primary N) is 1. The topological polar surface area (TPSA) is 64.8 Å². The van der Waals surface area contributed by atoms with Crippen LogP contribution in [0.3, 0.4) is 0 Å². The minimum absolute atomic E-state index is 0.00491. The Morgan fingerprint density at radius 3 is 2.56 bits per heavy atom. The van der Waals surface area contributed by atoms with Crippen molar-refractivity contribution in [2.75, 3.05) is 27.3 Å². The number of rotatable bonds is 6. The second-order valence-corrected chi connectivity index (χ2v) is 4.00. The van der Waals surface area contributed by atoms with Gasteiger partial charge in [-0.2, -0.15) is 0 Å². The monoisotopic (exact) mass is 252 g/mol. The van der Waals surface area contributed by atoms with Crippen LogP contribution in [0.1, 0.15) is 12.5 Å². The van der Waals surface area contributed by atoms with Gasteiger partial charge in [0.05, 0.1) is 6.61 Å². The standard InChI is InChI=1S/C13H20N2O3/c1-4-17-12-7-10(8-14)5-6-11(12)18-9-13(16)15(2)3/h5-7H,4,8-9,14H2,1-3H3. The van der Waals surface area contributed by atoms with Gasteiger partial charge in [0.15, 0.2) is 18.1 Å². The summed E-state index contributed by atoms with van der Waals surface area (Å²) in [5.74, 6) is 1.08. The van der Waals surface area contributed by atoms with Crippen LogP contribution in [0, 0.1) is 0 Å². The lowest BCUT2D eigenvalue weighted by Gasteiger charge is -2.14. The van der Waals surface area contributed by atoms with E-state index >= 15 is 0 Å². The second kappa shape index (κ2) is 6.86. The molecule has 1 rings (SSSR count). The molecule has 0 saturated carbocycles. The second-order valence-electron chi connectivity index (χ2n) is 4.00. The van der Waals surface area contributed by atoms with E-state index in [4.69, 9.17) is 15.2 Å². The molecule has 0 radical (unpaired) electrons. The highest BCUT2D eigenvalue weighted by atomic mass is 16.5. The maximum Gasteiger partial charge on any atom is 0.259 e. The molecule has 0 fully saturated rings. The lowest BCUT2D eigenvalue weighted by molar-refractivity contribution is -0.130. The third kappa shape index (κ3) is 3.92. The summed E-state index contributed by atoms with van der Waals surface area (Å²) in [6.07, 6.45) is 0. The molecule has 1 amide bonds. The van der Waals surface area contributed by atoms with Gasteiger partial charge < -0.3 is 20.1 Å². The minimum Gasteiger partial charge on any atom is -0.490 e. The SMILES string of the molecule is CCOc1cc(CN)ccc1OCC(=O)N(C)C. The predicted molar refractivity (Wildman–Crippen MR) is 69.7 cm³/mol. The fraction of sp³-hybridized carbons (Fsp3) is 0.462. The van der Waals surface area contributed by atoms with E-state index in [1.54, 1.807) is 20.2 Å². The van der Waals surface area contributed by atoms with E-state index in [1.165, 1.54) is 4.90 Å². The van der Waals surface area contributed by atoms with E-state index in [0.29, 0.717) is 24.7 Å². The molecule has 0 aliphatic heterocycles. The molecular formula is C13H20N2O3. The lowest BCUT2D eigenvalue weighted by Crippen LogP contribution is -2.27. The molecule has 0 unspecified atom stereocenters. The number of hydrogen-bond donors (Lipinski definition) is 1. The fourth-order valence-electron chi connectivity index (χ4n) is 1.34. The van der Waals surface area contributed by atoms with Crippen LogP contribution in [-0.4, -0.2) is 38.1 Å². The molecule has 5 nitrogen and oxygen atoms in total. The number of nitrogens with zero attached hydrogens (tertiary/aromatic N) is 1. The number of likely N-dealkylation sites (N-methyl/N-ethyl adjacent to an activating group) is 1. The zero-order valence-corrected chi connectivity index (χ0v) is 11.1. The highest BCUT2D eigenvalue weighted by molar-refractivity contribution is 5.77. The van der Waals surface area contributed by atoms with Crippen LogP contribution < -0.4 is 15.2 Å². The Labute approximate surface area is 107 Å². The molecular weight excluding hydrogens is 232 g/mol. The largest absolute Gasteiger partial charge is 0.490 e. The quantitative estimate of drug-likeness (QED) is 0.820. The van der Waals surface area contributed by atoms with Crippen molar-refractivity contribution in [3.63, 3.8) is 0 Å². The summed E-state index contributed by atoms with van der Waals surface area (Å²) in [6, 6.07) is 5.47. The molecule has 1 aromatic rings. The van der Waals surface area contributed by atoms with Gasteiger partial charge in [0, 0.05) is 20.6 Å². The molecule has 18 heavy (non-hydrogen) atoms. The Kier molecular flexibility index (Phi) is 5.45. The Balaban J connectivity index is 2.77. The summed E-state index contributed by atoms with van der Waals surface area (Å²) >= 11 is 0. The van der Waals surface area contributed by atoms with Crippen LogP contribution in [0.15, 0.2) is 18.2 Å². The number of carbonyl (C=O) groups is 1. The van der Waals surface area contributed by atoms with Crippen LogP contribution in [0.5, 0.6) is 11.5 Å². The Morgan fingerprint density at radius 1 is 1.28 bits per heavy atom. The van der Waals surface area contributed by atoms with Crippen molar-refractivity contribution in [1.82, 2.24) is 4.90 Å². The van der Waals surface area contributed by atoms with E-state index in [0.717, 1.165) is 5.56 Å². The molecule has 0 saturated heterocycles. The van der Waals surface area contributed by atoms with Crippen LogP contribution in [0.4, 0.5) is 0 Å². The molecule has 0 bridgehead atoms. The van der Waals surface area contributed by atoms with Crippen LogP contribution in [0.25, 0.3) is 0 Å². The summed E-state index contributed by atoms with van der Waals surface area (Å²) in [5.41, 5.74) is 6.53. The molecule has 100 valence electrons.